The molecule has 0 spiro atoms. The Morgan fingerprint density at radius 1 is 1.32 bits per heavy atom. The van der Waals surface area contributed by atoms with Crippen LogP contribution in [-0.2, 0) is 13.1 Å². The first-order valence-electron chi connectivity index (χ1n) is 7.05. The molecule has 2 aromatic rings. The van der Waals surface area contributed by atoms with Gasteiger partial charge in [-0.3, -0.25) is 0 Å². The Kier molecular flexibility index (Phi) is 5.04. The zero-order valence-electron chi connectivity index (χ0n) is 13.3. The summed E-state index contributed by atoms with van der Waals surface area (Å²) in [6, 6.07) is 7.50. The van der Waals surface area contributed by atoms with E-state index in [1.165, 1.54) is 0 Å². The lowest BCUT2D eigenvalue weighted by atomic mass is 10.2. The van der Waals surface area contributed by atoms with Crippen molar-refractivity contribution in [2.45, 2.75) is 26.9 Å². The Bertz CT molecular complexity index is 615. The predicted octanol–water partition coefficient (Wildman–Crippen LogP) is 2.64. The lowest BCUT2D eigenvalue weighted by Gasteiger charge is -2.18. The van der Waals surface area contributed by atoms with Crippen LogP contribution in [0.1, 0.15) is 22.6 Å². The third-order valence-electron chi connectivity index (χ3n) is 3.52. The minimum atomic E-state index is -0.143. The third-order valence-corrected chi connectivity index (χ3v) is 3.52. The Morgan fingerprint density at radius 3 is 2.55 bits per heavy atom. The van der Waals surface area contributed by atoms with E-state index in [0.29, 0.717) is 13.1 Å². The van der Waals surface area contributed by atoms with Gasteiger partial charge in [-0.15, -0.1) is 0 Å². The van der Waals surface area contributed by atoms with E-state index in [4.69, 9.17) is 9.26 Å². The number of amides is 2. The van der Waals surface area contributed by atoms with Gasteiger partial charge in [0.1, 0.15) is 11.5 Å². The number of methoxy groups -OCH3 is 1. The normalized spacial score (nSPS) is 10.4. The zero-order chi connectivity index (χ0) is 16.1. The number of benzene rings is 1. The van der Waals surface area contributed by atoms with E-state index in [1.54, 1.807) is 19.1 Å². The number of nitrogens with zero attached hydrogens (tertiary/aromatic N) is 2. The van der Waals surface area contributed by atoms with Crippen molar-refractivity contribution in [3.63, 3.8) is 0 Å². The highest BCUT2D eigenvalue weighted by atomic mass is 16.5. The highest BCUT2D eigenvalue weighted by Crippen LogP contribution is 2.13. The summed E-state index contributed by atoms with van der Waals surface area (Å²) in [5, 5.41) is 6.74. The fourth-order valence-electron chi connectivity index (χ4n) is 2.13. The zero-order valence-corrected chi connectivity index (χ0v) is 13.3. The summed E-state index contributed by atoms with van der Waals surface area (Å²) in [7, 11) is 3.39. The van der Waals surface area contributed by atoms with Crippen LogP contribution in [0.2, 0.25) is 0 Å². The van der Waals surface area contributed by atoms with E-state index in [9.17, 15) is 4.79 Å². The monoisotopic (exact) mass is 303 g/mol. The van der Waals surface area contributed by atoms with Crippen molar-refractivity contribution >= 4 is 6.03 Å². The largest absolute Gasteiger partial charge is 0.497 e. The van der Waals surface area contributed by atoms with Gasteiger partial charge in [-0.2, -0.15) is 0 Å². The van der Waals surface area contributed by atoms with Crippen LogP contribution in [0, 0.1) is 13.8 Å². The van der Waals surface area contributed by atoms with Crippen molar-refractivity contribution in [3.8, 4) is 5.75 Å². The molecule has 1 aromatic heterocycles. The number of aromatic nitrogens is 1. The van der Waals surface area contributed by atoms with Crippen LogP contribution < -0.4 is 10.1 Å². The Morgan fingerprint density at radius 2 is 2.00 bits per heavy atom. The molecule has 0 saturated heterocycles. The summed E-state index contributed by atoms with van der Waals surface area (Å²) >= 11 is 0. The lowest BCUT2D eigenvalue weighted by molar-refractivity contribution is 0.206. The second-order valence-electron chi connectivity index (χ2n) is 5.17. The van der Waals surface area contributed by atoms with E-state index in [0.717, 1.165) is 28.3 Å². The van der Waals surface area contributed by atoms with Crippen LogP contribution in [0.5, 0.6) is 5.75 Å². The number of carbonyl (C=O) groups excluding carboxylic acids is 1. The second kappa shape index (κ2) is 6.98. The summed E-state index contributed by atoms with van der Waals surface area (Å²) < 4.78 is 10.2. The van der Waals surface area contributed by atoms with E-state index < -0.39 is 0 Å². The minimum absolute atomic E-state index is 0.143. The number of urea groups is 1. The molecule has 2 rings (SSSR count). The van der Waals surface area contributed by atoms with E-state index >= 15 is 0 Å². The van der Waals surface area contributed by atoms with Gasteiger partial charge in [-0.1, -0.05) is 17.3 Å². The molecule has 0 atom stereocenters. The minimum Gasteiger partial charge on any atom is -0.497 e. The van der Waals surface area contributed by atoms with Gasteiger partial charge in [-0.25, -0.2) is 4.79 Å². The number of hydrogen-bond acceptors (Lipinski definition) is 4. The molecule has 1 heterocycles. The van der Waals surface area contributed by atoms with Crippen LogP contribution >= 0.6 is 0 Å². The SMILES string of the molecule is COc1ccc(CN(C)C(=O)NCc2c(C)noc2C)cc1. The molecule has 0 radical (unpaired) electrons. The van der Waals surface area contributed by atoms with Crippen LogP contribution in [0.3, 0.4) is 0 Å². The molecule has 118 valence electrons. The average Bonchev–Trinajstić information content (AvgIpc) is 2.84. The standard InChI is InChI=1S/C16H21N3O3/c1-11-15(12(2)22-18-11)9-17-16(20)19(3)10-13-5-7-14(21-4)8-6-13/h5-8H,9-10H2,1-4H3,(H,17,20). The number of carbonyl (C=O) groups is 1. The van der Waals surface area contributed by atoms with Gasteiger partial charge in [0, 0.05) is 25.7 Å². The first-order valence-corrected chi connectivity index (χ1v) is 7.05. The molecule has 6 heteroatoms. The third kappa shape index (κ3) is 3.78. The van der Waals surface area contributed by atoms with Crippen molar-refractivity contribution in [1.29, 1.82) is 0 Å². The maximum Gasteiger partial charge on any atom is 0.317 e. The van der Waals surface area contributed by atoms with Crippen molar-refractivity contribution in [2.75, 3.05) is 14.2 Å². The van der Waals surface area contributed by atoms with Crippen molar-refractivity contribution in [2.24, 2.45) is 0 Å². The van der Waals surface area contributed by atoms with Crippen molar-refractivity contribution in [3.05, 3.63) is 46.8 Å². The molecule has 0 aliphatic carbocycles. The number of rotatable bonds is 5. The maximum atomic E-state index is 12.1. The van der Waals surface area contributed by atoms with Gasteiger partial charge in [0.05, 0.1) is 12.8 Å². The highest BCUT2D eigenvalue weighted by Gasteiger charge is 2.13. The van der Waals surface area contributed by atoms with Crippen LogP contribution in [0.4, 0.5) is 4.79 Å². The number of nitrogens with one attached hydrogen (secondary N) is 1. The molecule has 0 aliphatic heterocycles. The molecule has 0 saturated carbocycles. The smallest absolute Gasteiger partial charge is 0.317 e. The van der Waals surface area contributed by atoms with E-state index in [1.807, 2.05) is 38.1 Å². The molecule has 0 fully saturated rings. The first kappa shape index (κ1) is 15.9. The Labute approximate surface area is 130 Å². The van der Waals surface area contributed by atoms with Gasteiger partial charge >= 0.3 is 6.03 Å². The fraction of sp³-hybridized carbons (Fsp3) is 0.375. The van der Waals surface area contributed by atoms with Gasteiger partial charge < -0.3 is 19.5 Å². The number of ether oxygens (including phenoxy) is 1. The van der Waals surface area contributed by atoms with Crippen LogP contribution in [0.25, 0.3) is 0 Å². The molecular formula is C16H21N3O3. The number of hydrogen-bond donors (Lipinski definition) is 1. The molecular weight excluding hydrogens is 282 g/mol. The maximum absolute atomic E-state index is 12.1. The summed E-state index contributed by atoms with van der Waals surface area (Å²) in [4.78, 5) is 13.8. The molecule has 6 nitrogen and oxygen atoms in total. The van der Waals surface area contributed by atoms with Gasteiger partial charge in [0.25, 0.3) is 0 Å². The quantitative estimate of drug-likeness (QED) is 0.922. The van der Waals surface area contributed by atoms with Gasteiger partial charge in [-0.05, 0) is 31.5 Å². The first-order chi connectivity index (χ1) is 10.5. The predicted molar refractivity (Wildman–Crippen MR) is 82.7 cm³/mol. The average molecular weight is 303 g/mol. The molecule has 22 heavy (non-hydrogen) atoms. The molecule has 0 unspecified atom stereocenters. The topological polar surface area (TPSA) is 67.6 Å². The second-order valence-corrected chi connectivity index (χ2v) is 5.17. The fourth-order valence-corrected chi connectivity index (χ4v) is 2.13. The summed E-state index contributed by atoms with van der Waals surface area (Å²) in [6.07, 6.45) is 0. The van der Waals surface area contributed by atoms with Gasteiger partial charge in [0.15, 0.2) is 0 Å². The number of aryl methyl sites for hydroxylation is 2. The van der Waals surface area contributed by atoms with Crippen LogP contribution in [-0.4, -0.2) is 30.2 Å². The molecule has 2 amide bonds. The van der Waals surface area contributed by atoms with Crippen LogP contribution in [0.15, 0.2) is 28.8 Å². The molecule has 0 bridgehead atoms. The Hall–Kier alpha value is -2.50. The summed E-state index contributed by atoms with van der Waals surface area (Å²) in [6.45, 7) is 4.63. The molecule has 0 aliphatic rings. The van der Waals surface area contributed by atoms with E-state index in [-0.39, 0.29) is 6.03 Å². The Balaban J connectivity index is 1.89. The molecule has 1 aromatic carbocycles. The molecule has 1 N–H and O–H groups in total. The summed E-state index contributed by atoms with van der Waals surface area (Å²) in [5.41, 5.74) is 2.76. The van der Waals surface area contributed by atoms with Crippen molar-refractivity contribution < 1.29 is 14.1 Å². The lowest BCUT2D eigenvalue weighted by Crippen LogP contribution is -2.36. The van der Waals surface area contributed by atoms with Crippen molar-refractivity contribution in [1.82, 2.24) is 15.4 Å². The highest BCUT2D eigenvalue weighted by molar-refractivity contribution is 5.73. The van der Waals surface area contributed by atoms with E-state index in [2.05, 4.69) is 10.5 Å². The summed E-state index contributed by atoms with van der Waals surface area (Å²) in [5.74, 6) is 1.53. The van der Waals surface area contributed by atoms with Gasteiger partial charge in [0.2, 0.25) is 0 Å².